The van der Waals surface area contributed by atoms with Crippen LogP contribution in [0.3, 0.4) is 0 Å². The van der Waals surface area contributed by atoms with E-state index >= 15 is 0 Å². The molecule has 31 heavy (non-hydrogen) atoms. The number of hydrogen-bond donors (Lipinski definition) is 2. The van der Waals surface area contributed by atoms with Gasteiger partial charge in [0.25, 0.3) is 5.91 Å². The van der Waals surface area contributed by atoms with Gasteiger partial charge in [-0.05, 0) is 54.3 Å². The van der Waals surface area contributed by atoms with Crippen molar-refractivity contribution in [3.05, 3.63) is 83.4 Å². The van der Waals surface area contributed by atoms with Gasteiger partial charge in [-0.2, -0.15) is 0 Å². The molecule has 0 saturated carbocycles. The Hall–Kier alpha value is -3.67. The molecule has 0 radical (unpaired) electrons. The number of nitrogens with one attached hydrogen (secondary N) is 2. The zero-order chi connectivity index (χ0) is 22.2. The van der Waals surface area contributed by atoms with Crippen molar-refractivity contribution < 1.29 is 14.4 Å². The summed E-state index contributed by atoms with van der Waals surface area (Å²) in [5.74, 6) is -0.821. The van der Waals surface area contributed by atoms with E-state index in [1.165, 1.54) is 0 Å². The molecule has 2 atom stereocenters. The molecule has 0 aliphatic carbocycles. The van der Waals surface area contributed by atoms with Crippen LogP contribution in [0.25, 0.3) is 10.8 Å². The molecule has 0 aromatic heterocycles. The van der Waals surface area contributed by atoms with Gasteiger partial charge in [-0.15, -0.1) is 0 Å². The highest BCUT2D eigenvalue weighted by atomic mass is 16.2. The molecule has 1 heterocycles. The summed E-state index contributed by atoms with van der Waals surface area (Å²) >= 11 is 0. The number of hydrogen-bond acceptors (Lipinski definition) is 3. The molecule has 6 nitrogen and oxygen atoms in total. The molecule has 6 heteroatoms. The zero-order valence-corrected chi connectivity index (χ0v) is 17.8. The molecular weight excluding hydrogens is 390 g/mol. The minimum Gasteiger partial charge on any atom is -0.348 e. The largest absolute Gasteiger partial charge is 0.348 e. The van der Waals surface area contributed by atoms with E-state index in [-0.39, 0.29) is 12.6 Å². The molecule has 4 rings (SSSR count). The third-order valence-corrected chi connectivity index (χ3v) is 5.91. The van der Waals surface area contributed by atoms with Crippen LogP contribution in [0.1, 0.15) is 36.6 Å². The lowest BCUT2D eigenvalue weighted by Gasteiger charge is -2.24. The number of urea groups is 1. The standard InChI is InChI=1S/C25H25N3O3/c1-16-8-4-7-11-21(16)25(3)23(30)28(24(31)27-25)15-22(29)26-17(2)19-13-12-18-9-5-6-10-20(18)14-19/h4-14,17H,15H2,1-3H3,(H,26,29)(H,27,31). The van der Waals surface area contributed by atoms with Crippen LogP contribution in [0.2, 0.25) is 0 Å². The number of imide groups is 1. The second-order valence-electron chi connectivity index (χ2n) is 8.16. The average molecular weight is 415 g/mol. The molecule has 4 amide bonds. The van der Waals surface area contributed by atoms with Crippen molar-refractivity contribution in [2.75, 3.05) is 6.54 Å². The van der Waals surface area contributed by atoms with Crippen molar-refractivity contribution in [1.29, 1.82) is 0 Å². The first-order chi connectivity index (χ1) is 14.8. The maximum atomic E-state index is 13.1. The summed E-state index contributed by atoms with van der Waals surface area (Å²) in [5.41, 5.74) is 1.39. The number of amides is 4. The topological polar surface area (TPSA) is 78.5 Å². The van der Waals surface area contributed by atoms with Crippen LogP contribution in [0.4, 0.5) is 4.79 Å². The van der Waals surface area contributed by atoms with Crippen molar-refractivity contribution in [2.45, 2.75) is 32.4 Å². The van der Waals surface area contributed by atoms with Crippen LogP contribution in [-0.4, -0.2) is 29.3 Å². The van der Waals surface area contributed by atoms with Gasteiger partial charge in [0.1, 0.15) is 12.1 Å². The van der Waals surface area contributed by atoms with Gasteiger partial charge in [-0.25, -0.2) is 4.79 Å². The highest BCUT2D eigenvalue weighted by Gasteiger charge is 2.50. The molecule has 1 saturated heterocycles. The summed E-state index contributed by atoms with van der Waals surface area (Å²) < 4.78 is 0. The normalized spacial score (nSPS) is 19.4. The van der Waals surface area contributed by atoms with Crippen molar-refractivity contribution in [2.24, 2.45) is 0 Å². The van der Waals surface area contributed by atoms with Crippen LogP contribution in [-0.2, 0) is 15.1 Å². The van der Waals surface area contributed by atoms with Gasteiger partial charge in [0.05, 0.1) is 6.04 Å². The SMILES string of the molecule is Cc1ccccc1C1(C)NC(=O)N(CC(=O)NC(C)c2ccc3ccccc3c2)C1=O. The Balaban J connectivity index is 1.47. The van der Waals surface area contributed by atoms with Gasteiger partial charge in [0.2, 0.25) is 5.91 Å². The monoisotopic (exact) mass is 415 g/mol. The molecule has 2 N–H and O–H groups in total. The van der Waals surface area contributed by atoms with E-state index in [2.05, 4.69) is 10.6 Å². The van der Waals surface area contributed by atoms with Crippen LogP contribution >= 0.6 is 0 Å². The maximum Gasteiger partial charge on any atom is 0.325 e. The van der Waals surface area contributed by atoms with Gasteiger partial charge < -0.3 is 10.6 Å². The molecule has 3 aromatic rings. The second-order valence-corrected chi connectivity index (χ2v) is 8.16. The number of carbonyl (C=O) groups excluding carboxylic acids is 3. The molecule has 1 aliphatic heterocycles. The predicted molar refractivity (Wildman–Crippen MR) is 119 cm³/mol. The Kier molecular flexibility index (Phi) is 5.23. The van der Waals surface area contributed by atoms with E-state index in [9.17, 15) is 14.4 Å². The Labute approximate surface area is 181 Å². The Bertz CT molecular complexity index is 1190. The van der Waals surface area contributed by atoms with Gasteiger partial charge in [-0.1, -0.05) is 60.7 Å². The summed E-state index contributed by atoms with van der Waals surface area (Å²) in [6, 6.07) is 20.6. The van der Waals surface area contributed by atoms with Crippen molar-refractivity contribution in [3.8, 4) is 0 Å². The predicted octanol–water partition coefficient (Wildman–Crippen LogP) is 3.79. The summed E-state index contributed by atoms with van der Waals surface area (Å²) in [6.07, 6.45) is 0. The van der Waals surface area contributed by atoms with Crippen LogP contribution in [0.15, 0.2) is 66.7 Å². The first-order valence-electron chi connectivity index (χ1n) is 10.3. The smallest absolute Gasteiger partial charge is 0.325 e. The molecule has 158 valence electrons. The average Bonchev–Trinajstić information content (AvgIpc) is 2.97. The maximum absolute atomic E-state index is 13.1. The fourth-order valence-electron chi connectivity index (χ4n) is 4.15. The Morgan fingerprint density at radius 2 is 1.71 bits per heavy atom. The lowest BCUT2D eigenvalue weighted by molar-refractivity contribution is -0.135. The molecular formula is C25H25N3O3. The molecule has 1 fully saturated rings. The summed E-state index contributed by atoms with van der Waals surface area (Å²) in [4.78, 5) is 39.3. The minimum absolute atomic E-state index is 0.263. The Morgan fingerprint density at radius 1 is 1.03 bits per heavy atom. The summed E-state index contributed by atoms with van der Waals surface area (Å²) in [7, 11) is 0. The van der Waals surface area contributed by atoms with Gasteiger partial charge in [-0.3, -0.25) is 14.5 Å². The third-order valence-electron chi connectivity index (χ3n) is 5.91. The quantitative estimate of drug-likeness (QED) is 0.623. The van der Waals surface area contributed by atoms with E-state index in [4.69, 9.17) is 0 Å². The first-order valence-corrected chi connectivity index (χ1v) is 10.3. The van der Waals surface area contributed by atoms with Crippen LogP contribution in [0.5, 0.6) is 0 Å². The molecule has 2 unspecified atom stereocenters. The van der Waals surface area contributed by atoms with Crippen molar-refractivity contribution >= 4 is 28.6 Å². The van der Waals surface area contributed by atoms with E-state index in [0.29, 0.717) is 0 Å². The van der Waals surface area contributed by atoms with Crippen molar-refractivity contribution in [1.82, 2.24) is 15.5 Å². The fraction of sp³-hybridized carbons (Fsp3) is 0.240. The first kappa shape index (κ1) is 20.6. The highest BCUT2D eigenvalue weighted by molar-refractivity contribution is 6.09. The van der Waals surface area contributed by atoms with Crippen LogP contribution < -0.4 is 10.6 Å². The number of aryl methyl sites for hydroxylation is 1. The van der Waals surface area contributed by atoms with E-state index < -0.39 is 23.4 Å². The fourth-order valence-corrected chi connectivity index (χ4v) is 4.15. The van der Waals surface area contributed by atoms with Gasteiger partial charge in [0.15, 0.2) is 0 Å². The van der Waals surface area contributed by atoms with Gasteiger partial charge >= 0.3 is 6.03 Å². The second kappa shape index (κ2) is 7.87. The van der Waals surface area contributed by atoms with Crippen molar-refractivity contribution in [3.63, 3.8) is 0 Å². The molecule has 0 bridgehead atoms. The molecule has 1 aliphatic rings. The number of benzene rings is 3. The summed E-state index contributed by atoms with van der Waals surface area (Å²) in [5, 5.41) is 7.86. The van der Waals surface area contributed by atoms with Gasteiger partial charge in [0, 0.05) is 0 Å². The Morgan fingerprint density at radius 3 is 2.45 bits per heavy atom. The zero-order valence-electron chi connectivity index (χ0n) is 17.8. The third kappa shape index (κ3) is 3.77. The lowest BCUT2D eigenvalue weighted by Crippen LogP contribution is -2.43. The summed E-state index contributed by atoms with van der Waals surface area (Å²) in [6.45, 7) is 5.11. The number of nitrogens with zero attached hydrogens (tertiary/aromatic N) is 1. The molecule has 3 aromatic carbocycles. The van der Waals surface area contributed by atoms with E-state index in [0.717, 1.165) is 32.4 Å². The highest BCUT2D eigenvalue weighted by Crippen LogP contribution is 2.30. The van der Waals surface area contributed by atoms with Crippen LogP contribution in [0, 0.1) is 6.92 Å². The molecule has 0 spiro atoms. The number of rotatable bonds is 5. The number of fused-ring (bicyclic) bond motifs is 1. The van der Waals surface area contributed by atoms with E-state index in [1.807, 2.05) is 80.6 Å². The number of carbonyl (C=O) groups is 3. The minimum atomic E-state index is -1.19. The van der Waals surface area contributed by atoms with E-state index in [1.54, 1.807) is 6.92 Å². The lowest BCUT2D eigenvalue weighted by atomic mass is 9.88.